The Morgan fingerprint density at radius 3 is 2.62 bits per heavy atom. The molecule has 5 nitrogen and oxygen atoms in total. The molecule has 21 heavy (non-hydrogen) atoms. The number of hydrogen-bond acceptors (Lipinski definition) is 4. The van der Waals surface area contributed by atoms with Crippen LogP contribution < -0.4 is 5.73 Å². The van der Waals surface area contributed by atoms with Gasteiger partial charge in [-0.05, 0) is 18.1 Å². The maximum absolute atomic E-state index is 13.3. The molecule has 2 N–H and O–H groups in total. The SMILES string of the molecule is CC(C)CN(CCC#N)S(=O)(=O)c1cc(N)c(F)cc1Cl. The third kappa shape index (κ3) is 4.30. The predicted octanol–water partition coefficient (Wildman–Crippen LogP) is 2.62. The van der Waals surface area contributed by atoms with Crippen molar-refractivity contribution in [3.8, 4) is 6.07 Å². The van der Waals surface area contributed by atoms with Gasteiger partial charge in [0.1, 0.15) is 10.7 Å². The lowest BCUT2D eigenvalue weighted by Crippen LogP contribution is -2.35. The summed E-state index contributed by atoms with van der Waals surface area (Å²) in [6.07, 6.45) is 0.0558. The van der Waals surface area contributed by atoms with E-state index in [1.54, 1.807) is 0 Å². The van der Waals surface area contributed by atoms with E-state index in [-0.39, 0.29) is 41.0 Å². The third-order valence-electron chi connectivity index (χ3n) is 2.71. The average molecular weight is 334 g/mol. The molecule has 0 saturated carbocycles. The number of hydrogen-bond donors (Lipinski definition) is 1. The number of nitrogens with zero attached hydrogens (tertiary/aromatic N) is 2. The highest BCUT2D eigenvalue weighted by Gasteiger charge is 2.28. The average Bonchev–Trinajstić information content (AvgIpc) is 2.38. The van der Waals surface area contributed by atoms with Crippen molar-refractivity contribution in [3.05, 3.63) is 23.0 Å². The number of nitrogen functional groups attached to an aromatic ring is 1. The summed E-state index contributed by atoms with van der Waals surface area (Å²) in [5.74, 6) is -0.707. The molecule has 0 aromatic heterocycles. The highest BCUT2D eigenvalue weighted by atomic mass is 35.5. The maximum atomic E-state index is 13.3. The molecule has 0 aliphatic heterocycles. The van der Waals surface area contributed by atoms with E-state index in [1.807, 2.05) is 19.9 Å². The van der Waals surface area contributed by atoms with Gasteiger partial charge in [0.05, 0.1) is 16.8 Å². The molecule has 0 unspecified atom stereocenters. The van der Waals surface area contributed by atoms with Crippen molar-refractivity contribution in [2.45, 2.75) is 25.2 Å². The topological polar surface area (TPSA) is 87.2 Å². The quantitative estimate of drug-likeness (QED) is 0.810. The van der Waals surface area contributed by atoms with Gasteiger partial charge in [-0.15, -0.1) is 0 Å². The summed E-state index contributed by atoms with van der Waals surface area (Å²) in [5.41, 5.74) is 5.13. The molecule has 1 aromatic carbocycles. The molecule has 0 amide bonds. The summed E-state index contributed by atoms with van der Waals surface area (Å²) >= 11 is 5.83. The Bertz CT molecular complexity index is 656. The Morgan fingerprint density at radius 2 is 2.10 bits per heavy atom. The number of nitrogens with two attached hydrogens (primary N) is 1. The zero-order valence-corrected chi connectivity index (χ0v) is 13.4. The number of benzene rings is 1. The summed E-state index contributed by atoms with van der Waals surface area (Å²) in [6, 6.07) is 3.79. The lowest BCUT2D eigenvalue weighted by Gasteiger charge is -2.23. The Hall–Kier alpha value is -1.36. The molecule has 8 heteroatoms. The fourth-order valence-electron chi connectivity index (χ4n) is 1.77. The predicted molar refractivity (Wildman–Crippen MR) is 79.6 cm³/mol. The van der Waals surface area contributed by atoms with Crippen LogP contribution in [0.4, 0.5) is 10.1 Å². The number of halogens is 2. The summed E-state index contributed by atoms with van der Waals surface area (Å²) in [4.78, 5) is -0.248. The van der Waals surface area contributed by atoms with E-state index in [4.69, 9.17) is 22.6 Å². The highest BCUT2D eigenvalue weighted by molar-refractivity contribution is 7.89. The van der Waals surface area contributed by atoms with Crippen LogP contribution in [-0.4, -0.2) is 25.8 Å². The van der Waals surface area contributed by atoms with Gasteiger partial charge in [0, 0.05) is 19.5 Å². The van der Waals surface area contributed by atoms with Gasteiger partial charge in [-0.2, -0.15) is 9.57 Å². The van der Waals surface area contributed by atoms with Crippen molar-refractivity contribution in [1.29, 1.82) is 5.26 Å². The van der Waals surface area contributed by atoms with E-state index in [2.05, 4.69) is 0 Å². The third-order valence-corrected chi connectivity index (χ3v) is 5.04. The Labute approximate surface area is 129 Å². The van der Waals surface area contributed by atoms with Crippen molar-refractivity contribution in [3.63, 3.8) is 0 Å². The monoisotopic (exact) mass is 333 g/mol. The van der Waals surface area contributed by atoms with Crippen molar-refractivity contribution in [2.75, 3.05) is 18.8 Å². The molecular formula is C13H17ClFN3O2S. The molecule has 0 spiro atoms. The molecule has 1 rings (SSSR count). The van der Waals surface area contributed by atoms with E-state index >= 15 is 0 Å². The Morgan fingerprint density at radius 1 is 1.48 bits per heavy atom. The Kier molecular flexibility index (Phi) is 5.96. The summed E-state index contributed by atoms with van der Waals surface area (Å²) in [5, 5.41) is 8.42. The molecule has 0 atom stereocenters. The standard InChI is InChI=1S/C13H17ClFN3O2S/c1-9(2)8-18(5-3-4-16)21(19,20)13-7-12(17)11(15)6-10(13)14/h6-7,9H,3,5,8,17H2,1-2H3. The lowest BCUT2D eigenvalue weighted by atomic mass is 10.2. The van der Waals surface area contributed by atoms with Gasteiger partial charge in [-0.25, -0.2) is 12.8 Å². The first kappa shape index (κ1) is 17.7. The summed E-state index contributed by atoms with van der Waals surface area (Å²) < 4.78 is 39.7. The van der Waals surface area contributed by atoms with Crippen LogP contribution in [0.15, 0.2) is 17.0 Å². The molecule has 0 bridgehead atoms. The minimum atomic E-state index is -3.93. The smallest absolute Gasteiger partial charge is 0.244 e. The maximum Gasteiger partial charge on any atom is 0.244 e. The van der Waals surface area contributed by atoms with Crippen LogP contribution in [0.5, 0.6) is 0 Å². The number of sulfonamides is 1. The van der Waals surface area contributed by atoms with Crippen LogP contribution in [0.2, 0.25) is 5.02 Å². The van der Waals surface area contributed by atoms with Crippen molar-refractivity contribution < 1.29 is 12.8 Å². The second kappa shape index (κ2) is 7.07. The Balaban J connectivity index is 3.28. The molecule has 0 saturated heterocycles. The van der Waals surface area contributed by atoms with Crippen molar-refractivity contribution in [2.24, 2.45) is 5.92 Å². The molecule has 0 aliphatic carbocycles. The molecule has 0 heterocycles. The minimum absolute atomic E-state index is 0.0463. The van der Waals surface area contributed by atoms with Crippen molar-refractivity contribution >= 4 is 27.3 Å². The van der Waals surface area contributed by atoms with Crippen LogP contribution >= 0.6 is 11.6 Å². The molecule has 116 valence electrons. The van der Waals surface area contributed by atoms with Gasteiger partial charge in [0.25, 0.3) is 0 Å². The largest absolute Gasteiger partial charge is 0.396 e. The highest BCUT2D eigenvalue weighted by Crippen LogP contribution is 2.29. The van der Waals surface area contributed by atoms with Gasteiger partial charge in [-0.3, -0.25) is 0 Å². The van der Waals surface area contributed by atoms with Gasteiger partial charge < -0.3 is 5.73 Å². The minimum Gasteiger partial charge on any atom is -0.396 e. The van der Waals surface area contributed by atoms with E-state index < -0.39 is 15.8 Å². The number of nitriles is 1. The normalized spacial score (nSPS) is 11.9. The van der Waals surface area contributed by atoms with E-state index in [0.717, 1.165) is 12.1 Å². The van der Waals surface area contributed by atoms with E-state index in [0.29, 0.717) is 0 Å². The summed E-state index contributed by atoms with van der Waals surface area (Å²) in [6.45, 7) is 3.99. The van der Waals surface area contributed by atoms with Gasteiger partial charge in [-0.1, -0.05) is 25.4 Å². The first-order chi connectivity index (χ1) is 9.70. The van der Waals surface area contributed by atoms with Gasteiger partial charge in [0.15, 0.2) is 0 Å². The molecule has 0 fully saturated rings. The van der Waals surface area contributed by atoms with Gasteiger partial charge >= 0.3 is 0 Å². The summed E-state index contributed by atoms with van der Waals surface area (Å²) in [7, 11) is -3.93. The zero-order valence-electron chi connectivity index (χ0n) is 11.8. The van der Waals surface area contributed by atoms with Crippen LogP contribution in [0.1, 0.15) is 20.3 Å². The van der Waals surface area contributed by atoms with Crippen LogP contribution in [-0.2, 0) is 10.0 Å². The molecule has 0 radical (unpaired) electrons. The van der Waals surface area contributed by atoms with E-state index in [1.165, 1.54) is 4.31 Å². The molecular weight excluding hydrogens is 317 g/mol. The number of anilines is 1. The first-order valence-corrected chi connectivity index (χ1v) is 8.13. The fourth-order valence-corrected chi connectivity index (χ4v) is 3.90. The van der Waals surface area contributed by atoms with Crippen LogP contribution in [0.25, 0.3) is 0 Å². The second-order valence-corrected chi connectivity index (χ2v) is 7.28. The van der Waals surface area contributed by atoms with Crippen molar-refractivity contribution in [1.82, 2.24) is 4.31 Å². The fraction of sp³-hybridized carbons (Fsp3) is 0.462. The zero-order chi connectivity index (χ0) is 16.2. The number of rotatable bonds is 6. The lowest BCUT2D eigenvalue weighted by molar-refractivity contribution is 0.373. The van der Waals surface area contributed by atoms with Gasteiger partial charge in [0.2, 0.25) is 10.0 Å². The second-order valence-electron chi connectivity index (χ2n) is 4.97. The molecule has 1 aromatic rings. The van der Waals surface area contributed by atoms with Crippen LogP contribution in [0.3, 0.4) is 0 Å². The van der Waals surface area contributed by atoms with Crippen LogP contribution in [0, 0.1) is 23.1 Å². The molecule has 0 aliphatic rings. The first-order valence-electron chi connectivity index (χ1n) is 6.31. The van der Waals surface area contributed by atoms with E-state index in [9.17, 15) is 12.8 Å².